The van der Waals surface area contributed by atoms with Gasteiger partial charge in [-0.25, -0.2) is 13.2 Å². The number of aliphatic carboxylic acids is 1. The highest BCUT2D eigenvalue weighted by molar-refractivity contribution is 7.93. The monoisotopic (exact) mass is 557 g/mol. The molecule has 2 amide bonds. The molecule has 0 bridgehead atoms. The smallest absolute Gasteiger partial charge is 0.326 e. The molecule has 9 nitrogen and oxygen atoms in total. The van der Waals surface area contributed by atoms with Crippen molar-refractivity contribution in [2.45, 2.75) is 71.7 Å². The Morgan fingerprint density at radius 3 is 1.82 bits per heavy atom. The van der Waals surface area contributed by atoms with E-state index in [-0.39, 0.29) is 18.9 Å². The number of anilines is 1. The molecule has 0 unspecified atom stereocenters. The SMILES string of the molecule is CCN(c1ccc(C[C@H](NC(=O)C2(C(=O)N(C)C)CC2)C(=O)O)cc1)S(=O)(=O)c1c(C)c(C)c(C)c(C)c1C. The summed E-state index contributed by atoms with van der Waals surface area (Å²) in [6.07, 6.45) is 0.759. The Morgan fingerprint density at radius 1 is 0.923 bits per heavy atom. The second-order valence-electron chi connectivity index (χ2n) is 10.6. The number of hydrogen-bond donors (Lipinski definition) is 2. The maximum Gasteiger partial charge on any atom is 0.326 e. The maximum atomic E-state index is 13.9. The average Bonchev–Trinajstić information content (AvgIpc) is 3.68. The first-order valence-electron chi connectivity index (χ1n) is 13.0. The lowest BCUT2D eigenvalue weighted by Gasteiger charge is -2.27. The molecule has 0 aliphatic heterocycles. The number of carboxylic acid groups (broad SMARTS) is 1. The van der Waals surface area contributed by atoms with Crippen LogP contribution in [0.1, 0.15) is 53.1 Å². The van der Waals surface area contributed by atoms with Crippen LogP contribution in [0.4, 0.5) is 5.69 Å². The molecule has 0 radical (unpaired) electrons. The minimum absolute atomic E-state index is 0.0129. The van der Waals surface area contributed by atoms with Crippen LogP contribution in [0, 0.1) is 40.0 Å². The molecular formula is C29H39N3O6S. The second-order valence-corrected chi connectivity index (χ2v) is 12.4. The van der Waals surface area contributed by atoms with Crippen molar-refractivity contribution < 1.29 is 27.9 Å². The Bertz CT molecular complexity index is 1380. The normalized spacial score (nSPS) is 14.9. The van der Waals surface area contributed by atoms with Crippen molar-refractivity contribution in [2.24, 2.45) is 5.41 Å². The molecule has 1 aliphatic carbocycles. The largest absolute Gasteiger partial charge is 0.480 e. The summed E-state index contributed by atoms with van der Waals surface area (Å²) >= 11 is 0. The molecule has 1 atom stereocenters. The van der Waals surface area contributed by atoms with Crippen molar-refractivity contribution in [3.63, 3.8) is 0 Å². The molecule has 1 fully saturated rings. The van der Waals surface area contributed by atoms with Gasteiger partial charge in [0.1, 0.15) is 11.5 Å². The van der Waals surface area contributed by atoms with Crippen molar-refractivity contribution in [3.05, 3.63) is 57.6 Å². The molecule has 1 aliphatic rings. The highest BCUT2D eigenvalue weighted by Gasteiger charge is 2.57. The van der Waals surface area contributed by atoms with Gasteiger partial charge in [-0.2, -0.15) is 0 Å². The van der Waals surface area contributed by atoms with Crippen molar-refractivity contribution in [1.82, 2.24) is 10.2 Å². The first kappa shape index (κ1) is 30.1. The molecule has 1 saturated carbocycles. The van der Waals surface area contributed by atoms with E-state index < -0.39 is 33.4 Å². The van der Waals surface area contributed by atoms with Gasteiger partial charge < -0.3 is 15.3 Å². The minimum atomic E-state index is -3.87. The minimum Gasteiger partial charge on any atom is -0.480 e. The zero-order chi connectivity index (χ0) is 29.4. The van der Waals surface area contributed by atoms with Gasteiger partial charge in [-0.05, 0) is 99.9 Å². The number of amides is 2. The standard InChI is InChI=1S/C29H39N3O6S/c1-9-32(39(37,38)25-20(5)18(3)17(2)19(4)21(25)6)23-12-10-22(11-13-23)16-24(26(33)34)30-27(35)29(14-15-29)28(36)31(7)8/h10-13,24H,9,14-16H2,1-8H3,(H,30,35)(H,33,34)/t24-/m0/s1. The number of benzene rings is 2. The van der Waals surface area contributed by atoms with E-state index >= 15 is 0 Å². The zero-order valence-corrected chi connectivity index (χ0v) is 24.8. The van der Waals surface area contributed by atoms with E-state index in [0.717, 1.165) is 27.8 Å². The van der Waals surface area contributed by atoms with Crippen LogP contribution in [-0.2, 0) is 30.8 Å². The Hall–Kier alpha value is -3.40. The fourth-order valence-electron chi connectivity index (χ4n) is 5.08. The van der Waals surface area contributed by atoms with Crippen LogP contribution in [0.5, 0.6) is 0 Å². The molecule has 2 aromatic carbocycles. The van der Waals surface area contributed by atoms with Crippen molar-refractivity contribution in [2.75, 3.05) is 24.9 Å². The lowest BCUT2D eigenvalue weighted by molar-refractivity contribution is -0.147. The van der Waals surface area contributed by atoms with Gasteiger partial charge in [0.05, 0.1) is 10.6 Å². The topological polar surface area (TPSA) is 124 Å². The molecule has 0 heterocycles. The van der Waals surface area contributed by atoms with E-state index in [1.165, 1.54) is 9.21 Å². The number of carbonyl (C=O) groups is 3. The quantitative estimate of drug-likeness (QED) is 0.432. The summed E-state index contributed by atoms with van der Waals surface area (Å²) in [5.41, 5.74) is 4.31. The molecule has 3 rings (SSSR count). The van der Waals surface area contributed by atoms with Crippen molar-refractivity contribution in [3.8, 4) is 0 Å². The molecule has 0 saturated heterocycles. The summed E-state index contributed by atoms with van der Waals surface area (Å²) in [6.45, 7) is 11.5. The van der Waals surface area contributed by atoms with Crippen LogP contribution in [0.15, 0.2) is 29.2 Å². The number of nitrogens with zero attached hydrogens (tertiary/aromatic N) is 2. The van der Waals surface area contributed by atoms with E-state index in [9.17, 15) is 27.9 Å². The molecule has 0 spiro atoms. The molecule has 2 aromatic rings. The number of carboxylic acids is 1. The van der Waals surface area contributed by atoms with Crippen LogP contribution >= 0.6 is 0 Å². The number of hydrogen-bond acceptors (Lipinski definition) is 5. The maximum absolute atomic E-state index is 13.9. The summed E-state index contributed by atoms with van der Waals surface area (Å²) < 4.78 is 29.1. The molecule has 2 N–H and O–H groups in total. The fourth-order valence-corrected chi connectivity index (χ4v) is 7.12. The third kappa shape index (κ3) is 5.52. The van der Waals surface area contributed by atoms with Gasteiger partial charge in [0.2, 0.25) is 11.8 Å². The van der Waals surface area contributed by atoms with Gasteiger partial charge in [0.25, 0.3) is 10.0 Å². The molecule has 212 valence electrons. The number of carbonyl (C=O) groups excluding carboxylic acids is 2. The summed E-state index contributed by atoms with van der Waals surface area (Å²) in [7, 11) is -0.741. The lowest BCUT2D eigenvalue weighted by atomic mass is 9.95. The van der Waals surface area contributed by atoms with Crippen molar-refractivity contribution in [1.29, 1.82) is 0 Å². The van der Waals surface area contributed by atoms with Crippen molar-refractivity contribution >= 4 is 33.5 Å². The van der Waals surface area contributed by atoms with Crippen LogP contribution in [-0.4, -0.2) is 62.9 Å². The number of rotatable bonds is 10. The van der Waals surface area contributed by atoms with Gasteiger partial charge in [-0.1, -0.05) is 12.1 Å². The van der Waals surface area contributed by atoms with E-state index in [1.807, 2.05) is 34.6 Å². The average molecular weight is 558 g/mol. The van der Waals surface area contributed by atoms with Crippen LogP contribution in [0.3, 0.4) is 0 Å². The second kappa shape index (κ2) is 11.0. The zero-order valence-electron chi connectivity index (χ0n) is 24.0. The third-order valence-electron chi connectivity index (χ3n) is 8.03. The highest BCUT2D eigenvalue weighted by atomic mass is 32.2. The van der Waals surface area contributed by atoms with E-state index in [2.05, 4.69) is 5.32 Å². The number of nitrogens with one attached hydrogen (secondary N) is 1. The predicted octanol–water partition coefficient (Wildman–Crippen LogP) is 3.42. The lowest BCUT2D eigenvalue weighted by Crippen LogP contribution is -2.49. The summed E-state index contributed by atoms with van der Waals surface area (Å²) in [5.74, 6) is -2.13. The molecular weight excluding hydrogens is 518 g/mol. The summed E-state index contributed by atoms with van der Waals surface area (Å²) in [4.78, 5) is 38.9. The Balaban J connectivity index is 1.86. The fraction of sp³-hybridized carbons (Fsp3) is 0.483. The molecule has 39 heavy (non-hydrogen) atoms. The predicted molar refractivity (Wildman–Crippen MR) is 150 cm³/mol. The first-order valence-corrected chi connectivity index (χ1v) is 14.5. The summed E-state index contributed by atoms with van der Waals surface area (Å²) in [5, 5.41) is 12.3. The van der Waals surface area contributed by atoms with E-state index in [0.29, 0.717) is 29.0 Å². The molecule has 10 heteroatoms. The van der Waals surface area contributed by atoms with E-state index in [4.69, 9.17) is 0 Å². The van der Waals surface area contributed by atoms with Gasteiger partial charge in [0, 0.05) is 27.1 Å². The van der Waals surface area contributed by atoms with Gasteiger partial charge in [-0.15, -0.1) is 0 Å². The van der Waals surface area contributed by atoms with Crippen LogP contribution in [0.2, 0.25) is 0 Å². The first-order chi connectivity index (χ1) is 18.1. The third-order valence-corrected chi connectivity index (χ3v) is 10.2. The van der Waals surface area contributed by atoms with E-state index in [1.54, 1.807) is 45.3 Å². The van der Waals surface area contributed by atoms with Gasteiger partial charge in [-0.3, -0.25) is 13.9 Å². The summed E-state index contributed by atoms with van der Waals surface area (Å²) in [6, 6.07) is 5.39. The Morgan fingerprint density at radius 2 is 1.41 bits per heavy atom. The Labute approximate surface area is 231 Å². The van der Waals surface area contributed by atoms with Crippen LogP contribution < -0.4 is 9.62 Å². The van der Waals surface area contributed by atoms with Crippen LogP contribution in [0.25, 0.3) is 0 Å². The Kier molecular flexibility index (Phi) is 8.50. The van der Waals surface area contributed by atoms with Gasteiger partial charge >= 0.3 is 5.97 Å². The highest BCUT2D eigenvalue weighted by Crippen LogP contribution is 2.47. The van der Waals surface area contributed by atoms with Gasteiger partial charge in [0.15, 0.2) is 0 Å². The number of sulfonamides is 1. The molecule has 0 aromatic heterocycles.